The molecule has 68 valence electrons. The van der Waals surface area contributed by atoms with Crippen molar-refractivity contribution >= 4 is 15.9 Å². The molecule has 0 spiro atoms. The highest BCUT2D eigenvalue weighted by Gasteiger charge is 2.04. The molecule has 1 aromatic rings. The van der Waals surface area contributed by atoms with Crippen molar-refractivity contribution in [3.05, 3.63) is 10.3 Å². The van der Waals surface area contributed by atoms with Gasteiger partial charge in [-0.2, -0.15) is 9.90 Å². The molecular formula is C7H13BrN4. The van der Waals surface area contributed by atoms with Crippen LogP contribution in [0.3, 0.4) is 0 Å². The highest BCUT2D eigenvalue weighted by molar-refractivity contribution is 9.10. The summed E-state index contributed by atoms with van der Waals surface area (Å²) in [6, 6.07) is 0. The Morgan fingerprint density at radius 1 is 1.50 bits per heavy atom. The van der Waals surface area contributed by atoms with Gasteiger partial charge in [0.2, 0.25) is 0 Å². The third-order valence-electron chi connectivity index (χ3n) is 1.52. The van der Waals surface area contributed by atoms with Crippen LogP contribution in [-0.2, 0) is 13.5 Å². The normalized spacial score (nSPS) is 10.6. The highest BCUT2D eigenvalue weighted by atomic mass is 79.9. The van der Waals surface area contributed by atoms with E-state index >= 15 is 0 Å². The number of nitrogens with zero attached hydrogens (tertiary/aromatic N) is 3. The number of nitrogens with one attached hydrogen (secondary N) is 1. The topological polar surface area (TPSA) is 42.7 Å². The predicted octanol–water partition coefficient (Wildman–Crippen LogP) is 0.730. The number of aryl methyl sites for hydroxylation is 1. The van der Waals surface area contributed by atoms with Crippen molar-refractivity contribution in [3.63, 3.8) is 0 Å². The maximum atomic E-state index is 4.20. The maximum Gasteiger partial charge on any atom is 0.151 e. The van der Waals surface area contributed by atoms with Gasteiger partial charge in [0.05, 0.1) is 5.69 Å². The Morgan fingerprint density at radius 2 is 2.25 bits per heavy atom. The molecule has 0 amide bonds. The average Bonchev–Trinajstić information content (AvgIpc) is 2.31. The summed E-state index contributed by atoms with van der Waals surface area (Å²) < 4.78 is 0.850. The van der Waals surface area contributed by atoms with Crippen molar-refractivity contribution in [1.82, 2.24) is 20.3 Å². The molecule has 1 aromatic heterocycles. The van der Waals surface area contributed by atoms with Crippen molar-refractivity contribution in [2.45, 2.75) is 13.3 Å². The Hall–Kier alpha value is -0.420. The van der Waals surface area contributed by atoms with E-state index in [2.05, 4.69) is 38.4 Å². The van der Waals surface area contributed by atoms with Crippen molar-refractivity contribution in [3.8, 4) is 0 Å². The average molecular weight is 233 g/mol. The summed E-state index contributed by atoms with van der Waals surface area (Å²) in [6.45, 7) is 4.04. The van der Waals surface area contributed by atoms with E-state index in [1.54, 1.807) is 4.80 Å². The zero-order chi connectivity index (χ0) is 8.97. The zero-order valence-electron chi connectivity index (χ0n) is 7.34. The SMILES string of the molecule is CCNCCc1nn(C)nc1Br. The molecule has 1 N–H and O–H groups in total. The van der Waals surface area contributed by atoms with E-state index < -0.39 is 0 Å². The molecule has 0 aromatic carbocycles. The van der Waals surface area contributed by atoms with Crippen molar-refractivity contribution in [2.75, 3.05) is 13.1 Å². The second-order valence-corrected chi connectivity index (χ2v) is 3.28. The fourth-order valence-electron chi connectivity index (χ4n) is 0.960. The van der Waals surface area contributed by atoms with Crippen molar-refractivity contribution in [1.29, 1.82) is 0 Å². The molecule has 0 aliphatic heterocycles. The molecule has 0 radical (unpaired) electrons. The van der Waals surface area contributed by atoms with E-state index in [1.165, 1.54) is 0 Å². The molecule has 0 saturated heterocycles. The number of rotatable bonds is 4. The first-order chi connectivity index (χ1) is 5.74. The van der Waals surface area contributed by atoms with Crippen LogP contribution in [0.4, 0.5) is 0 Å². The van der Waals surface area contributed by atoms with Gasteiger partial charge in [-0.25, -0.2) is 0 Å². The largest absolute Gasteiger partial charge is 0.317 e. The summed E-state index contributed by atoms with van der Waals surface area (Å²) in [5.41, 5.74) is 1.01. The molecule has 0 aliphatic carbocycles. The van der Waals surface area contributed by atoms with Gasteiger partial charge < -0.3 is 5.32 Å². The van der Waals surface area contributed by atoms with Crippen molar-refractivity contribution in [2.24, 2.45) is 7.05 Å². The third kappa shape index (κ3) is 2.57. The number of hydrogen-bond donors (Lipinski definition) is 1. The summed E-state index contributed by atoms with van der Waals surface area (Å²) in [5.74, 6) is 0. The van der Waals surface area contributed by atoms with Crippen LogP contribution >= 0.6 is 15.9 Å². The molecule has 1 heterocycles. The number of halogens is 1. The van der Waals surface area contributed by atoms with Gasteiger partial charge in [-0.15, -0.1) is 5.10 Å². The molecule has 0 bridgehead atoms. The molecule has 4 nitrogen and oxygen atoms in total. The van der Waals surface area contributed by atoms with Gasteiger partial charge in [0.25, 0.3) is 0 Å². The predicted molar refractivity (Wildman–Crippen MR) is 51.0 cm³/mol. The van der Waals surface area contributed by atoms with Crippen LogP contribution < -0.4 is 5.32 Å². The smallest absolute Gasteiger partial charge is 0.151 e. The number of aromatic nitrogens is 3. The lowest BCUT2D eigenvalue weighted by Gasteiger charge is -1.97. The summed E-state index contributed by atoms with van der Waals surface area (Å²) in [6.07, 6.45) is 0.919. The standard InChI is InChI=1S/C7H13BrN4/c1-3-9-5-4-6-7(8)11-12(2)10-6/h9H,3-5H2,1-2H3. The lowest BCUT2D eigenvalue weighted by atomic mass is 10.3. The summed E-state index contributed by atoms with van der Waals surface area (Å²) in [5, 5.41) is 11.5. The minimum absolute atomic E-state index is 0.850. The lowest BCUT2D eigenvalue weighted by Crippen LogP contribution is -2.16. The summed E-state index contributed by atoms with van der Waals surface area (Å²) in [7, 11) is 1.82. The molecule has 5 heteroatoms. The van der Waals surface area contributed by atoms with Crippen LogP contribution in [0.15, 0.2) is 4.60 Å². The van der Waals surface area contributed by atoms with Gasteiger partial charge in [0.15, 0.2) is 4.60 Å². The number of hydrogen-bond acceptors (Lipinski definition) is 3. The Labute approximate surface area is 80.5 Å². The van der Waals surface area contributed by atoms with Gasteiger partial charge in [0, 0.05) is 20.0 Å². The molecule has 0 atom stereocenters. The van der Waals surface area contributed by atoms with E-state index in [-0.39, 0.29) is 0 Å². The third-order valence-corrected chi connectivity index (χ3v) is 2.14. The van der Waals surface area contributed by atoms with Crippen molar-refractivity contribution < 1.29 is 0 Å². The Kier molecular flexibility index (Phi) is 3.68. The first kappa shape index (κ1) is 9.67. The fraction of sp³-hybridized carbons (Fsp3) is 0.714. The Balaban J connectivity index is 2.45. The highest BCUT2D eigenvalue weighted by Crippen LogP contribution is 2.09. The Morgan fingerprint density at radius 3 is 2.75 bits per heavy atom. The lowest BCUT2D eigenvalue weighted by molar-refractivity contribution is 0.635. The summed E-state index contributed by atoms with van der Waals surface area (Å²) >= 11 is 3.35. The monoisotopic (exact) mass is 232 g/mol. The zero-order valence-corrected chi connectivity index (χ0v) is 8.93. The molecular weight excluding hydrogens is 220 g/mol. The molecule has 0 saturated carbocycles. The minimum atomic E-state index is 0.850. The first-order valence-electron chi connectivity index (χ1n) is 4.00. The molecule has 12 heavy (non-hydrogen) atoms. The van der Waals surface area contributed by atoms with E-state index in [9.17, 15) is 0 Å². The quantitative estimate of drug-likeness (QED) is 0.779. The number of likely N-dealkylation sites (N-methyl/N-ethyl adjacent to an activating group) is 1. The van der Waals surface area contributed by atoms with Gasteiger partial charge in [-0.05, 0) is 22.5 Å². The molecule has 0 unspecified atom stereocenters. The molecule has 0 fully saturated rings. The van der Waals surface area contributed by atoms with E-state index in [0.717, 1.165) is 29.8 Å². The maximum absolute atomic E-state index is 4.20. The second kappa shape index (κ2) is 4.57. The Bertz CT molecular complexity index is 246. The molecule has 1 rings (SSSR count). The van der Waals surface area contributed by atoms with Gasteiger partial charge in [-0.1, -0.05) is 6.92 Å². The van der Waals surface area contributed by atoms with Crippen LogP contribution in [0.2, 0.25) is 0 Å². The molecule has 0 aliphatic rings. The van der Waals surface area contributed by atoms with Crippen LogP contribution in [0, 0.1) is 0 Å². The van der Waals surface area contributed by atoms with Crippen LogP contribution in [0.1, 0.15) is 12.6 Å². The van der Waals surface area contributed by atoms with E-state index in [0.29, 0.717) is 0 Å². The van der Waals surface area contributed by atoms with Crippen LogP contribution in [0.5, 0.6) is 0 Å². The summed E-state index contributed by atoms with van der Waals surface area (Å²) in [4.78, 5) is 1.57. The van der Waals surface area contributed by atoms with Crippen LogP contribution in [0.25, 0.3) is 0 Å². The van der Waals surface area contributed by atoms with Gasteiger partial charge >= 0.3 is 0 Å². The van der Waals surface area contributed by atoms with E-state index in [4.69, 9.17) is 0 Å². The minimum Gasteiger partial charge on any atom is -0.317 e. The van der Waals surface area contributed by atoms with Crippen LogP contribution in [-0.4, -0.2) is 28.1 Å². The van der Waals surface area contributed by atoms with E-state index in [1.807, 2.05) is 7.05 Å². The van der Waals surface area contributed by atoms with Gasteiger partial charge in [0.1, 0.15) is 0 Å². The van der Waals surface area contributed by atoms with Gasteiger partial charge in [-0.3, -0.25) is 0 Å². The fourth-order valence-corrected chi connectivity index (χ4v) is 1.47. The first-order valence-corrected chi connectivity index (χ1v) is 4.79. The second-order valence-electron chi connectivity index (χ2n) is 2.53.